The summed E-state index contributed by atoms with van der Waals surface area (Å²) in [5, 5.41) is 0. The van der Waals surface area contributed by atoms with Crippen LogP contribution in [0.25, 0.3) is 0 Å². The van der Waals surface area contributed by atoms with Crippen LogP contribution in [-0.2, 0) is 9.47 Å². The Kier molecular flexibility index (Phi) is 29.1. The second-order valence-electron chi connectivity index (χ2n) is 12.8. The smallest absolute Gasteiger partial charge is 0.168 e. The van der Waals surface area contributed by atoms with Crippen LogP contribution >= 0.6 is 11.6 Å². The lowest BCUT2D eigenvalue weighted by atomic mass is 9.98. The molecule has 1 aliphatic rings. The molecule has 0 bridgehead atoms. The molecule has 0 spiro atoms. The fourth-order valence-corrected chi connectivity index (χ4v) is 6.00. The SMILES string of the molecule is CCCCC/C=C\C/C=C\CCCCCCCCC1(CCCCCCCC/C=C\C/C=C\CCCCC)OC[C@H](CCl)O1. The summed E-state index contributed by atoms with van der Waals surface area (Å²) in [6.07, 6.45) is 51.6. The van der Waals surface area contributed by atoms with Gasteiger partial charge in [-0.2, -0.15) is 0 Å². The Bertz CT molecular complexity index is 647. The van der Waals surface area contributed by atoms with Crippen LogP contribution in [0, 0.1) is 0 Å². The third-order valence-electron chi connectivity index (χ3n) is 8.60. The minimum Gasteiger partial charge on any atom is -0.347 e. The highest BCUT2D eigenvalue weighted by molar-refractivity contribution is 6.18. The van der Waals surface area contributed by atoms with E-state index in [2.05, 4.69) is 62.5 Å². The Balaban J connectivity index is 2.04. The van der Waals surface area contributed by atoms with Crippen molar-refractivity contribution in [2.45, 2.75) is 193 Å². The predicted molar refractivity (Wildman–Crippen MR) is 192 cm³/mol. The minimum absolute atomic E-state index is 0.0656. The van der Waals surface area contributed by atoms with Crippen molar-refractivity contribution in [3.05, 3.63) is 48.6 Å². The van der Waals surface area contributed by atoms with Crippen molar-refractivity contribution in [2.75, 3.05) is 12.5 Å². The molecule has 43 heavy (non-hydrogen) atoms. The number of alkyl halides is 1. The molecule has 250 valence electrons. The molecule has 0 radical (unpaired) electrons. The van der Waals surface area contributed by atoms with Gasteiger partial charge in [-0.15, -0.1) is 11.6 Å². The van der Waals surface area contributed by atoms with Crippen molar-refractivity contribution in [3.8, 4) is 0 Å². The van der Waals surface area contributed by atoms with Gasteiger partial charge in [0.05, 0.1) is 18.6 Å². The first-order chi connectivity index (χ1) is 21.3. The summed E-state index contributed by atoms with van der Waals surface area (Å²) in [4.78, 5) is 0. The number of halogens is 1. The number of unbranched alkanes of at least 4 members (excludes halogenated alkanes) is 18. The quantitative estimate of drug-likeness (QED) is 0.0437. The zero-order valence-electron chi connectivity index (χ0n) is 28.7. The van der Waals surface area contributed by atoms with Crippen LogP contribution in [0.15, 0.2) is 48.6 Å². The van der Waals surface area contributed by atoms with E-state index in [0.717, 1.165) is 25.7 Å². The van der Waals surface area contributed by atoms with E-state index in [9.17, 15) is 0 Å². The lowest BCUT2D eigenvalue weighted by molar-refractivity contribution is -0.177. The maximum atomic E-state index is 6.37. The Morgan fingerprint density at radius 2 is 0.884 bits per heavy atom. The van der Waals surface area contributed by atoms with Gasteiger partial charge < -0.3 is 9.47 Å². The zero-order valence-corrected chi connectivity index (χ0v) is 29.4. The maximum absolute atomic E-state index is 6.37. The topological polar surface area (TPSA) is 18.5 Å². The van der Waals surface area contributed by atoms with Crippen molar-refractivity contribution in [2.24, 2.45) is 0 Å². The molecule has 1 heterocycles. The highest BCUT2D eigenvalue weighted by atomic mass is 35.5. The standard InChI is InChI=1S/C40H71ClO2/c1-3-5-7-9-11-13-15-17-19-21-23-25-27-29-31-33-35-40(42-38-39(37-41)43-40)36-34-32-30-28-26-24-22-20-18-16-14-12-10-8-6-4-2/h11-14,17-20,39H,3-10,15-16,21-38H2,1-2H3/b13-11-,14-12-,19-17-,20-18-/t39-/m0/s1. The highest BCUT2D eigenvalue weighted by Gasteiger charge is 2.40. The second-order valence-corrected chi connectivity index (χ2v) is 13.1. The van der Waals surface area contributed by atoms with Crippen LogP contribution in [0.1, 0.15) is 181 Å². The summed E-state index contributed by atoms with van der Waals surface area (Å²) in [5.41, 5.74) is 0. The van der Waals surface area contributed by atoms with E-state index in [-0.39, 0.29) is 11.9 Å². The molecule has 0 unspecified atom stereocenters. The summed E-state index contributed by atoms with van der Waals surface area (Å²) in [6.45, 7) is 5.19. The van der Waals surface area contributed by atoms with Gasteiger partial charge in [0.25, 0.3) is 0 Å². The molecule has 1 atom stereocenters. The van der Waals surface area contributed by atoms with Gasteiger partial charge in [0, 0.05) is 12.8 Å². The second kappa shape index (κ2) is 31.2. The van der Waals surface area contributed by atoms with E-state index in [1.165, 1.54) is 141 Å². The molecule has 3 heteroatoms. The van der Waals surface area contributed by atoms with Gasteiger partial charge in [0.15, 0.2) is 5.79 Å². The Labute approximate surface area is 274 Å². The van der Waals surface area contributed by atoms with E-state index < -0.39 is 0 Å². The molecular formula is C40H71ClO2. The summed E-state index contributed by atoms with van der Waals surface area (Å²) < 4.78 is 12.6. The van der Waals surface area contributed by atoms with E-state index in [1.54, 1.807) is 0 Å². The minimum atomic E-state index is -0.371. The predicted octanol–water partition coefficient (Wildman–Crippen LogP) is 13.7. The number of rotatable bonds is 31. The average Bonchev–Trinajstić information content (AvgIpc) is 3.44. The molecule has 1 fully saturated rings. The van der Waals surface area contributed by atoms with Gasteiger partial charge in [-0.05, 0) is 77.0 Å². The van der Waals surface area contributed by atoms with E-state index >= 15 is 0 Å². The van der Waals surface area contributed by atoms with Crippen molar-refractivity contribution < 1.29 is 9.47 Å². The Morgan fingerprint density at radius 1 is 0.512 bits per heavy atom. The molecule has 2 nitrogen and oxygen atoms in total. The van der Waals surface area contributed by atoms with Crippen molar-refractivity contribution in [1.82, 2.24) is 0 Å². The van der Waals surface area contributed by atoms with E-state index in [0.29, 0.717) is 12.5 Å². The van der Waals surface area contributed by atoms with Crippen LogP contribution in [0.3, 0.4) is 0 Å². The molecule has 1 aliphatic heterocycles. The highest BCUT2D eigenvalue weighted by Crippen LogP contribution is 2.35. The molecule has 0 aliphatic carbocycles. The van der Waals surface area contributed by atoms with Gasteiger partial charge in [-0.25, -0.2) is 0 Å². The fourth-order valence-electron chi connectivity index (χ4n) is 5.84. The normalized spacial score (nSPS) is 17.1. The Morgan fingerprint density at radius 3 is 1.26 bits per heavy atom. The van der Waals surface area contributed by atoms with Crippen LogP contribution in [0.5, 0.6) is 0 Å². The molecule has 0 aromatic heterocycles. The van der Waals surface area contributed by atoms with Crippen LogP contribution in [-0.4, -0.2) is 24.4 Å². The molecule has 0 saturated carbocycles. The summed E-state index contributed by atoms with van der Waals surface area (Å²) in [5.74, 6) is 0.166. The average molecular weight is 619 g/mol. The van der Waals surface area contributed by atoms with Crippen molar-refractivity contribution in [3.63, 3.8) is 0 Å². The molecule has 0 N–H and O–H groups in total. The zero-order chi connectivity index (χ0) is 30.9. The van der Waals surface area contributed by atoms with Gasteiger partial charge in [0.2, 0.25) is 0 Å². The molecule has 0 aromatic rings. The molecule has 1 saturated heterocycles. The van der Waals surface area contributed by atoms with Gasteiger partial charge in [-0.1, -0.05) is 140 Å². The lowest BCUT2D eigenvalue weighted by Crippen LogP contribution is -2.31. The first kappa shape index (κ1) is 40.2. The van der Waals surface area contributed by atoms with E-state index in [1.807, 2.05) is 0 Å². The van der Waals surface area contributed by atoms with Gasteiger partial charge in [-0.3, -0.25) is 0 Å². The number of hydrogen-bond acceptors (Lipinski definition) is 2. The van der Waals surface area contributed by atoms with Gasteiger partial charge >= 0.3 is 0 Å². The first-order valence-electron chi connectivity index (χ1n) is 18.7. The molecule has 1 rings (SSSR count). The first-order valence-corrected chi connectivity index (χ1v) is 19.3. The largest absolute Gasteiger partial charge is 0.347 e. The summed E-state index contributed by atoms with van der Waals surface area (Å²) >= 11 is 6.12. The van der Waals surface area contributed by atoms with Crippen molar-refractivity contribution in [1.29, 1.82) is 0 Å². The number of hydrogen-bond donors (Lipinski definition) is 0. The Hall–Kier alpha value is -0.830. The molecule has 0 amide bonds. The molecule has 0 aromatic carbocycles. The monoisotopic (exact) mass is 619 g/mol. The third kappa shape index (κ3) is 25.1. The number of allylic oxidation sites excluding steroid dienone is 8. The van der Waals surface area contributed by atoms with Crippen LogP contribution < -0.4 is 0 Å². The van der Waals surface area contributed by atoms with Crippen LogP contribution in [0.2, 0.25) is 0 Å². The maximum Gasteiger partial charge on any atom is 0.168 e. The summed E-state index contributed by atoms with van der Waals surface area (Å²) in [6, 6.07) is 0. The summed E-state index contributed by atoms with van der Waals surface area (Å²) in [7, 11) is 0. The van der Waals surface area contributed by atoms with Gasteiger partial charge in [0.1, 0.15) is 0 Å². The fraction of sp³-hybridized carbons (Fsp3) is 0.800. The number of ether oxygens (including phenoxy) is 2. The molecular weight excluding hydrogens is 548 g/mol. The van der Waals surface area contributed by atoms with Crippen LogP contribution in [0.4, 0.5) is 0 Å². The van der Waals surface area contributed by atoms with E-state index in [4.69, 9.17) is 21.1 Å². The lowest BCUT2D eigenvalue weighted by Gasteiger charge is -2.28. The third-order valence-corrected chi connectivity index (χ3v) is 8.95. The van der Waals surface area contributed by atoms with Crippen molar-refractivity contribution >= 4 is 11.6 Å².